The van der Waals surface area contributed by atoms with E-state index in [2.05, 4.69) is 0 Å². The molecule has 0 bridgehead atoms. The normalized spacial score (nSPS) is 14.1. The zero-order chi connectivity index (χ0) is 25.3. The Morgan fingerprint density at radius 3 is 2.35 bits per heavy atom. The maximum absolute atomic E-state index is 14.8. The van der Waals surface area contributed by atoms with E-state index in [-0.39, 0.29) is 28.3 Å². The van der Waals surface area contributed by atoms with Gasteiger partial charge in [-0.05, 0) is 56.4 Å². The Hall–Kier alpha value is -3.23. The van der Waals surface area contributed by atoms with Gasteiger partial charge in [-0.15, -0.1) is 0 Å². The molecule has 3 rings (SSSR count). The highest BCUT2D eigenvalue weighted by molar-refractivity contribution is 7.80. The number of nitriles is 1. The first-order valence-corrected chi connectivity index (χ1v) is 10.5. The first kappa shape index (κ1) is 25.4. The Kier molecular flexibility index (Phi) is 7.14. The Balaban J connectivity index is 1.99. The molecule has 1 saturated heterocycles. The summed E-state index contributed by atoms with van der Waals surface area (Å²) in [4.78, 5) is 14.5. The molecule has 1 aliphatic rings. The molecule has 180 valence electrons. The number of ether oxygens (including phenoxy) is 2. The minimum absolute atomic E-state index is 0.00194. The van der Waals surface area contributed by atoms with Gasteiger partial charge in [0.15, 0.2) is 16.7 Å². The maximum atomic E-state index is 14.8. The van der Waals surface area contributed by atoms with E-state index in [4.69, 9.17) is 27.0 Å². The van der Waals surface area contributed by atoms with Crippen LogP contribution in [0.5, 0.6) is 5.75 Å². The number of hydrogen-bond acceptors (Lipinski definition) is 5. The first-order chi connectivity index (χ1) is 15.9. The minimum atomic E-state index is -4.75. The van der Waals surface area contributed by atoms with Gasteiger partial charge in [0, 0.05) is 24.5 Å². The lowest BCUT2D eigenvalue weighted by Crippen LogP contribution is -2.54. The second kappa shape index (κ2) is 9.56. The van der Waals surface area contributed by atoms with Crippen molar-refractivity contribution in [1.29, 1.82) is 5.26 Å². The number of halogens is 4. The Morgan fingerprint density at radius 1 is 1.21 bits per heavy atom. The van der Waals surface area contributed by atoms with E-state index in [1.807, 2.05) is 0 Å². The van der Waals surface area contributed by atoms with Gasteiger partial charge in [0.2, 0.25) is 0 Å². The zero-order valence-electron chi connectivity index (χ0n) is 18.5. The van der Waals surface area contributed by atoms with Crippen LogP contribution in [0.4, 0.5) is 28.9 Å². The van der Waals surface area contributed by atoms with Gasteiger partial charge in [0.05, 0.1) is 35.9 Å². The van der Waals surface area contributed by atoms with Crippen molar-refractivity contribution in [2.75, 3.05) is 30.1 Å². The number of aldehydes is 1. The summed E-state index contributed by atoms with van der Waals surface area (Å²) in [5.74, 6) is -0.693. The fraction of sp³-hybridized carbons (Fsp3) is 0.348. The molecule has 6 nitrogen and oxygen atoms in total. The summed E-state index contributed by atoms with van der Waals surface area (Å²) in [6, 6.07) is 8.71. The highest BCUT2D eigenvalue weighted by Crippen LogP contribution is 2.36. The zero-order valence-corrected chi connectivity index (χ0v) is 19.3. The molecule has 0 saturated carbocycles. The van der Waals surface area contributed by atoms with E-state index in [9.17, 15) is 22.4 Å². The van der Waals surface area contributed by atoms with Crippen LogP contribution in [-0.4, -0.2) is 43.3 Å². The van der Waals surface area contributed by atoms with Crippen LogP contribution in [0.25, 0.3) is 0 Å². The second-order valence-electron chi connectivity index (χ2n) is 8.18. The molecule has 1 heterocycles. The quantitative estimate of drug-likeness (QED) is 0.327. The van der Waals surface area contributed by atoms with Crippen molar-refractivity contribution < 1.29 is 31.8 Å². The van der Waals surface area contributed by atoms with Gasteiger partial charge in [-0.1, -0.05) is 0 Å². The number of carbonyl (C=O) groups is 1. The minimum Gasteiger partial charge on any atom is -0.483 e. The number of carbonyl (C=O) groups excluding carboxylic acids is 1. The number of nitrogens with zero attached hydrogens (tertiary/aromatic N) is 3. The van der Waals surface area contributed by atoms with E-state index in [1.54, 1.807) is 0 Å². The van der Waals surface area contributed by atoms with Gasteiger partial charge >= 0.3 is 6.18 Å². The fourth-order valence-corrected chi connectivity index (χ4v) is 3.71. The molecule has 0 radical (unpaired) electrons. The SMILES string of the molecule is CN(C(=S)N(c1ccc(OC2COC2)c(F)c1)C(C)(C)C=O)c1ccc(C#N)c(C(F)(F)F)c1. The lowest BCUT2D eigenvalue weighted by atomic mass is 10.0. The van der Waals surface area contributed by atoms with Crippen molar-refractivity contribution in [3.05, 3.63) is 53.3 Å². The number of hydrogen-bond donors (Lipinski definition) is 0. The average molecular weight is 495 g/mol. The van der Waals surface area contributed by atoms with Crippen molar-refractivity contribution in [3.8, 4) is 11.8 Å². The van der Waals surface area contributed by atoms with Crippen molar-refractivity contribution in [1.82, 2.24) is 0 Å². The second-order valence-corrected chi connectivity index (χ2v) is 8.55. The molecule has 34 heavy (non-hydrogen) atoms. The number of anilines is 2. The van der Waals surface area contributed by atoms with Gasteiger partial charge in [0.1, 0.15) is 12.4 Å². The molecule has 0 amide bonds. The predicted octanol–water partition coefficient (Wildman–Crippen LogP) is 4.70. The summed E-state index contributed by atoms with van der Waals surface area (Å²) >= 11 is 5.52. The van der Waals surface area contributed by atoms with E-state index >= 15 is 0 Å². The highest BCUT2D eigenvalue weighted by atomic mass is 32.1. The third-order valence-electron chi connectivity index (χ3n) is 5.23. The molecular weight excluding hydrogens is 474 g/mol. The number of rotatable bonds is 6. The first-order valence-electron chi connectivity index (χ1n) is 10.1. The number of alkyl halides is 3. The third-order valence-corrected chi connectivity index (χ3v) is 5.69. The summed E-state index contributed by atoms with van der Waals surface area (Å²) in [5.41, 5.74) is -2.69. The summed E-state index contributed by atoms with van der Waals surface area (Å²) in [6.07, 6.45) is -4.41. The maximum Gasteiger partial charge on any atom is 0.417 e. The summed E-state index contributed by atoms with van der Waals surface area (Å²) < 4.78 is 65.6. The van der Waals surface area contributed by atoms with Gasteiger partial charge < -0.3 is 24.1 Å². The van der Waals surface area contributed by atoms with Crippen LogP contribution >= 0.6 is 12.2 Å². The lowest BCUT2D eigenvalue weighted by molar-refractivity contribution is -0.137. The van der Waals surface area contributed by atoms with Crippen LogP contribution in [0.15, 0.2) is 36.4 Å². The van der Waals surface area contributed by atoms with Crippen molar-refractivity contribution >= 4 is 35.0 Å². The smallest absolute Gasteiger partial charge is 0.417 e. The third kappa shape index (κ3) is 5.13. The van der Waals surface area contributed by atoms with Gasteiger partial charge in [-0.2, -0.15) is 18.4 Å². The molecule has 2 aromatic rings. The van der Waals surface area contributed by atoms with Crippen LogP contribution in [-0.2, 0) is 15.7 Å². The molecule has 0 aliphatic carbocycles. The predicted molar refractivity (Wildman–Crippen MR) is 121 cm³/mol. The summed E-state index contributed by atoms with van der Waals surface area (Å²) in [7, 11) is 1.42. The van der Waals surface area contributed by atoms with Crippen LogP contribution in [0.1, 0.15) is 25.0 Å². The molecule has 1 fully saturated rings. The molecule has 1 aliphatic heterocycles. The number of benzene rings is 2. The molecule has 11 heteroatoms. The van der Waals surface area contributed by atoms with E-state index in [0.29, 0.717) is 19.5 Å². The van der Waals surface area contributed by atoms with Crippen LogP contribution in [0.2, 0.25) is 0 Å². The molecule has 0 unspecified atom stereocenters. The van der Waals surface area contributed by atoms with Crippen molar-refractivity contribution in [2.24, 2.45) is 0 Å². The molecule has 0 N–H and O–H groups in total. The summed E-state index contributed by atoms with van der Waals surface area (Å²) in [5, 5.41) is 8.97. The largest absolute Gasteiger partial charge is 0.483 e. The summed E-state index contributed by atoms with van der Waals surface area (Å²) in [6.45, 7) is 3.78. The molecule has 0 spiro atoms. The average Bonchev–Trinajstić information content (AvgIpc) is 2.75. The van der Waals surface area contributed by atoms with Crippen LogP contribution in [0, 0.1) is 17.1 Å². The van der Waals surface area contributed by atoms with Crippen molar-refractivity contribution in [3.63, 3.8) is 0 Å². The van der Waals surface area contributed by atoms with Gasteiger partial charge in [-0.3, -0.25) is 0 Å². The van der Waals surface area contributed by atoms with Crippen LogP contribution in [0.3, 0.4) is 0 Å². The van der Waals surface area contributed by atoms with Gasteiger partial charge in [0.25, 0.3) is 0 Å². The van der Waals surface area contributed by atoms with Crippen molar-refractivity contribution in [2.45, 2.75) is 31.7 Å². The lowest BCUT2D eigenvalue weighted by Gasteiger charge is -2.40. The monoisotopic (exact) mass is 495 g/mol. The number of thiocarbonyl (C=S) groups is 1. The fourth-order valence-electron chi connectivity index (χ4n) is 3.26. The molecule has 0 atom stereocenters. The molecule has 0 aromatic heterocycles. The van der Waals surface area contributed by atoms with E-state index < -0.39 is 28.7 Å². The van der Waals surface area contributed by atoms with E-state index in [0.717, 1.165) is 18.2 Å². The Bertz CT molecular complexity index is 1140. The highest BCUT2D eigenvalue weighted by Gasteiger charge is 2.36. The van der Waals surface area contributed by atoms with Gasteiger partial charge in [-0.25, -0.2) is 4.39 Å². The van der Waals surface area contributed by atoms with E-state index in [1.165, 1.54) is 55.0 Å². The standard InChI is InChI=1S/C23H21F4N3O3S/c1-22(2,13-31)30(16-6-7-20(19(24)9-16)33-17-11-32-12-17)21(34)29(3)15-5-4-14(10-28)18(8-15)23(25,26)27/h4-9,13,17H,11-12H2,1-3H3. The molecule has 2 aromatic carbocycles. The Labute approximate surface area is 199 Å². The Morgan fingerprint density at radius 2 is 1.85 bits per heavy atom. The topological polar surface area (TPSA) is 65.8 Å². The van der Waals surface area contributed by atoms with Crippen LogP contribution < -0.4 is 14.5 Å². The molecular formula is C23H21F4N3O3S.